The average molecular weight is 535 g/mol. The van der Waals surface area contributed by atoms with Gasteiger partial charge >= 0.3 is 6.09 Å². The van der Waals surface area contributed by atoms with E-state index in [1.165, 1.54) is 4.90 Å². The summed E-state index contributed by atoms with van der Waals surface area (Å²) in [5.41, 5.74) is 2.51. The topological polar surface area (TPSA) is 112 Å². The minimum atomic E-state index is -1.06. The Morgan fingerprint density at radius 3 is 2.18 bits per heavy atom. The van der Waals surface area contributed by atoms with Gasteiger partial charge in [-0.1, -0.05) is 73.0 Å². The summed E-state index contributed by atoms with van der Waals surface area (Å²) in [5, 5.41) is 15.5. The zero-order valence-corrected chi connectivity index (χ0v) is 24.2. The van der Waals surface area contributed by atoms with Crippen LogP contribution < -0.4 is 10.6 Å². The zero-order valence-electron chi connectivity index (χ0n) is 24.2. The quantitative estimate of drug-likeness (QED) is 0.388. The summed E-state index contributed by atoms with van der Waals surface area (Å²) in [6.07, 6.45) is 1.07. The van der Waals surface area contributed by atoms with E-state index < -0.39 is 29.7 Å². The van der Waals surface area contributed by atoms with Crippen molar-refractivity contribution in [3.05, 3.63) is 70.8 Å². The van der Waals surface area contributed by atoms with E-state index >= 15 is 0 Å². The molecule has 8 heteroatoms. The van der Waals surface area contributed by atoms with Crippen molar-refractivity contribution in [3.8, 4) is 6.07 Å². The molecule has 0 heterocycles. The summed E-state index contributed by atoms with van der Waals surface area (Å²) in [6, 6.07) is 14.8. The Kier molecular flexibility index (Phi) is 11.5. The van der Waals surface area contributed by atoms with Gasteiger partial charge in [-0.2, -0.15) is 5.26 Å². The highest BCUT2D eigenvalue weighted by Gasteiger charge is 2.37. The summed E-state index contributed by atoms with van der Waals surface area (Å²) in [4.78, 5) is 41.9. The summed E-state index contributed by atoms with van der Waals surface area (Å²) in [6.45, 7) is 12.7. The molecular weight excluding hydrogens is 492 g/mol. The second-order valence-electron chi connectivity index (χ2n) is 11.0. The molecule has 3 atom stereocenters. The molecule has 0 aliphatic rings. The second kappa shape index (κ2) is 14.3. The maximum atomic E-state index is 14.2. The van der Waals surface area contributed by atoms with Gasteiger partial charge in [0.05, 0.1) is 6.07 Å². The van der Waals surface area contributed by atoms with E-state index in [4.69, 9.17) is 4.74 Å². The minimum Gasteiger partial charge on any atom is -0.444 e. The molecule has 0 saturated carbocycles. The van der Waals surface area contributed by atoms with Crippen LogP contribution in [0.2, 0.25) is 0 Å². The van der Waals surface area contributed by atoms with Gasteiger partial charge in [-0.05, 0) is 59.1 Å². The molecule has 0 saturated heterocycles. The molecule has 2 N–H and O–H groups in total. The number of hydrogen-bond donors (Lipinski definition) is 2. The molecule has 2 rings (SSSR count). The fraction of sp³-hybridized carbons (Fsp3) is 0.484. The fourth-order valence-corrected chi connectivity index (χ4v) is 4.54. The van der Waals surface area contributed by atoms with Gasteiger partial charge in [-0.25, -0.2) is 4.79 Å². The molecule has 3 amide bonds. The second-order valence-corrected chi connectivity index (χ2v) is 11.0. The third kappa shape index (κ3) is 10.1. The van der Waals surface area contributed by atoms with Crippen LogP contribution >= 0.6 is 0 Å². The minimum absolute atomic E-state index is 0.116. The predicted molar refractivity (Wildman–Crippen MR) is 152 cm³/mol. The number of nitriles is 1. The van der Waals surface area contributed by atoms with Crippen molar-refractivity contribution in [2.45, 2.75) is 91.5 Å². The maximum Gasteiger partial charge on any atom is 0.408 e. The van der Waals surface area contributed by atoms with Crippen molar-refractivity contribution >= 4 is 17.9 Å². The number of aryl methyl sites for hydroxylation is 2. The number of amides is 3. The Morgan fingerprint density at radius 1 is 1.03 bits per heavy atom. The van der Waals surface area contributed by atoms with Crippen molar-refractivity contribution < 1.29 is 19.1 Å². The molecular formula is C31H42N4O4. The predicted octanol–water partition coefficient (Wildman–Crippen LogP) is 5.14. The number of carbonyl (C=O) groups excluding carboxylic acids is 3. The standard InChI is InChI=1S/C31H42N4O4/c1-8-12-23(4)33-28(36)27(25-18-21(2)17-22(3)19-25)35(16-15-32)29(37)26(20-24-13-10-9-11-14-24)34-30(38)39-31(5,6)7/h9-11,13-14,17-19,23,26-27H,8,12,16,20H2,1-7H3,(H,33,36)(H,34,38). The summed E-state index contributed by atoms with van der Waals surface area (Å²) in [5.74, 6) is -0.922. The van der Waals surface area contributed by atoms with E-state index in [2.05, 4.69) is 16.7 Å². The number of nitrogens with zero attached hydrogens (tertiary/aromatic N) is 2. The van der Waals surface area contributed by atoms with Gasteiger partial charge in [0.25, 0.3) is 0 Å². The van der Waals surface area contributed by atoms with E-state index in [-0.39, 0.29) is 24.9 Å². The number of benzene rings is 2. The lowest BCUT2D eigenvalue weighted by molar-refractivity contribution is -0.142. The molecule has 3 unspecified atom stereocenters. The summed E-state index contributed by atoms with van der Waals surface area (Å²) in [7, 11) is 0. The lowest BCUT2D eigenvalue weighted by atomic mass is 9.97. The highest BCUT2D eigenvalue weighted by atomic mass is 16.6. The smallest absolute Gasteiger partial charge is 0.408 e. The molecule has 2 aromatic rings. The third-order valence-corrected chi connectivity index (χ3v) is 6.03. The Labute approximate surface area is 232 Å². The largest absolute Gasteiger partial charge is 0.444 e. The first-order valence-electron chi connectivity index (χ1n) is 13.4. The van der Waals surface area contributed by atoms with Gasteiger partial charge < -0.3 is 20.3 Å². The van der Waals surface area contributed by atoms with Gasteiger partial charge in [-0.15, -0.1) is 0 Å². The van der Waals surface area contributed by atoms with Crippen LogP contribution in [0.5, 0.6) is 0 Å². The van der Waals surface area contributed by atoms with Crippen molar-refractivity contribution in [1.29, 1.82) is 5.26 Å². The molecule has 39 heavy (non-hydrogen) atoms. The Balaban J connectivity index is 2.56. The lowest BCUT2D eigenvalue weighted by Crippen LogP contribution is -2.54. The first kappa shape index (κ1) is 31.4. The van der Waals surface area contributed by atoms with Crippen LogP contribution in [0.4, 0.5) is 4.79 Å². The molecule has 0 spiro atoms. The molecule has 0 radical (unpaired) electrons. The first-order valence-corrected chi connectivity index (χ1v) is 13.4. The van der Waals surface area contributed by atoms with E-state index in [9.17, 15) is 19.6 Å². The maximum absolute atomic E-state index is 14.2. The fourth-order valence-electron chi connectivity index (χ4n) is 4.54. The summed E-state index contributed by atoms with van der Waals surface area (Å²) >= 11 is 0. The number of carbonyl (C=O) groups is 3. The normalized spacial score (nSPS) is 13.4. The Morgan fingerprint density at radius 2 is 1.64 bits per heavy atom. The highest BCUT2D eigenvalue weighted by Crippen LogP contribution is 2.26. The van der Waals surface area contributed by atoms with Gasteiger partial charge in [0, 0.05) is 12.5 Å². The number of nitrogens with one attached hydrogen (secondary N) is 2. The number of alkyl carbamates (subject to hydrolysis) is 1. The van der Waals surface area contributed by atoms with Gasteiger partial charge in [0.15, 0.2) is 0 Å². The monoisotopic (exact) mass is 534 g/mol. The van der Waals surface area contributed by atoms with Crippen LogP contribution in [0.25, 0.3) is 0 Å². The van der Waals surface area contributed by atoms with E-state index in [0.717, 1.165) is 29.5 Å². The Bertz CT molecular complexity index is 1150. The SMILES string of the molecule is CCCC(C)NC(=O)C(c1cc(C)cc(C)c1)N(CC#N)C(=O)C(Cc1ccccc1)NC(=O)OC(C)(C)C. The first-order chi connectivity index (χ1) is 18.3. The van der Waals surface area contributed by atoms with E-state index in [1.807, 2.05) is 76.2 Å². The van der Waals surface area contributed by atoms with Crippen LogP contribution in [0.1, 0.15) is 75.8 Å². The molecule has 0 bridgehead atoms. The van der Waals surface area contributed by atoms with Gasteiger partial charge in [0.2, 0.25) is 11.8 Å². The molecule has 0 aliphatic carbocycles. The Hall–Kier alpha value is -3.86. The van der Waals surface area contributed by atoms with Crippen molar-refractivity contribution in [3.63, 3.8) is 0 Å². The van der Waals surface area contributed by atoms with Crippen molar-refractivity contribution in [1.82, 2.24) is 15.5 Å². The molecule has 8 nitrogen and oxygen atoms in total. The highest BCUT2D eigenvalue weighted by molar-refractivity contribution is 5.92. The molecule has 0 aromatic heterocycles. The van der Waals surface area contributed by atoms with Crippen LogP contribution in [-0.2, 0) is 20.7 Å². The van der Waals surface area contributed by atoms with Crippen LogP contribution in [0.3, 0.4) is 0 Å². The number of rotatable bonds is 11. The number of ether oxygens (including phenoxy) is 1. The summed E-state index contributed by atoms with van der Waals surface area (Å²) < 4.78 is 5.43. The van der Waals surface area contributed by atoms with Crippen molar-refractivity contribution in [2.75, 3.05) is 6.54 Å². The van der Waals surface area contributed by atoms with Crippen LogP contribution in [-0.4, -0.2) is 47.0 Å². The lowest BCUT2D eigenvalue weighted by Gasteiger charge is -2.34. The number of hydrogen-bond acceptors (Lipinski definition) is 5. The third-order valence-electron chi connectivity index (χ3n) is 6.03. The molecule has 210 valence electrons. The van der Waals surface area contributed by atoms with E-state index in [0.29, 0.717) is 5.56 Å². The van der Waals surface area contributed by atoms with Gasteiger partial charge in [0.1, 0.15) is 24.2 Å². The average Bonchev–Trinajstić information content (AvgIpc) is 2.82. The van der Waals surface area contributed by atoms with Crippen LogP contribution in [0.15, 0.2) is 48.5 Å². The molecule has 2 aromatic carbocycles. The zero-order chi connectivity index (χ0) is 29.2. The van der Waals surface area contributed by atoms with Gasteiger partial charge in [-0.3, -0.25) is 9.59 Å². The molecule has 0 fully saturated rings. The van der Waals surface area contributed by atoms with Crippen LogP contribution in [0, 0.1) is 25.2 Å². The molecule has 0 aliphatic heterocycles. The van der Waals surface area contributed by atoms with Crippen molar-refractivity contribution in [2.24, 2.45) is 0 Å². The van der Waals surface area contributed by atoms with E-state index in [1.54, 1.807) is 20.8 Å².